The average molecular weight is 467 g/mol. The highest BCUT2D eigenvalue weighted by Crippen LogP contribution is 2.37. The molecule has 25 heavy (non-hydrogen) atoms. The Bertz CT molecular complexity index is 612. The van der Waals surface area contributed by atoms with Crippen LogP contribution < -0.4 is 9.47 Å². The molecule has 0 spiro atoms. The normalized spacial score (nSPS) is 10.6. The zero-order chi connectivity index (χ0) is 18.7. The fraction of sp³-hybridized carbons (Fsp3) is 0.250. The van der Waals surface area contributed by atoms with Gasteiger partial charge in [-0.25, -0.2) is 0 Å². The molecule has 0 unspecified atom stereocenters. The maximum Gasteiger partial charge on any atom is 0.157 e. The third-order valence-electron chi connectivity index (χ3n) is 2.52. The summed E-state index contributed by atoms with van der Waals surface area (Å²) < 4.78 is 16.5. The summed E-state index contributed by atoms with van der Waals surface area (Å²) in [6.07, 6.45) is 6.61. The van der Waals surface area contributed by atoms with E-state index in [2.05, 4.69) is 0 Å². The fourth-order valence-corrected chi connectivity index (χ4v) is 2.31. The molecule has 0 saturated heterocycles. The van der Waals surface area contributed by atoms with E-state index in [-0.39, 0.29) is 22.2 Å². The lowest BCUT2D eigenvalue weighted by Crippen LogP contribution is -1.98. The Labute approximate surface area is 176 Å². The van der Waals surface area contributed by atoms with E-state index in [4.69, 9.17) is 83.8 Å². The van der Waals surface area contributed by atoms with Crippen molar-refractivity contribution < 1.29 is 14.2 Å². The topological polar surface area (TPSA) is 27.7 Å². The van der Waals surface area contributed by atoms with E-state index in [1.165, 1.54) is 6.08 Å². The molecule has 138 valence electrons. The second kappa shape index (κ2) is 13.0. The molecule has 0 amide bonds. The van der Waals surface area contributed by atoms with E-state index in [9.17, 15) is 0 Å². The molecule has 9 heteroatoms. The number of hydrogen-bond donors (Lipinski definition) is 0. The number of halogens is 6. The lowest BCUT2D eigenvalue weighted by molar-refractivity contribution is 0.193. The predicted molar refractivity (Wildman–Crippen MR) is 107 cm³/mol. The van der Waals surface area contributed by atoms with Gasteiger partial charge in [0.05, 0.1) is 23.3 Å². The Morgan fingerprint density at radius 3 is 1.92 bits per heavy atom. The van der Waals surface area contributed by atoms with Crippen LogP contribution in [0.1, 0.15) is 0 Å². The lowest BCUT2D eigenvalue weighted by Gasteiger charge is -2.11. The number of rotatable bonds is 10. The molecule has 1 aromatic carbocycles. The second-order valence-electron chi connectivity index (χ2n) is 4.33. The largest absolute Gasteiger partial charge is 0.489 e. The van der Waals surface area contributed by atoms with E-state index >= 15 is 0 Å². The van der Waals surface area contributed by atoms with Gasteiger partial charge in [-0.3, -0.25) is 0 Å². The van der Waals surface area contributed by atoms with Crippen LogP contribution in [0.15, 0.2) is 45.4 Å². The van der Waals surface area contributed by atoms with Gasteiger partial charge < -0.3 is 14.2 Å². The minimum Gasteiger partial charge on any atom is -0.489 e. The van der Waals surface area contributed by atoms with Crippen molar-refractivity contribution in [3.63, 3.8) is 0 Å². The fourth-order valence-electron chi connectivity index (χ4n) is 1.48. The van der Waals surface area contributed by atoms with Gasteiger partial charge in [0.15, 0.2) is 5.75 Å². The summed E-state index contributed by atoms with van der Waals surface area (Å²) in [5.41, 5.74) is 0. The van der Waals surface area contributed by atoms with Gasteiger partial charge in [-0.05, 0) is 18.2 Å². The van der Waals surface area contributed by atoms with Gasteiger partial charge in [-0.1, -0.05) is 75.7 Å². The predicted octanol–water partition coefficient (Wildman–Crippen LogP) is 6.96. The van der Waals surface area contributed by atoms with Crippen LogP contribution in [-0.2, 0) is 4.74 Å². The Kier molecular flexibility index (Phi) is 11.8. The summed E-state index contributed by atoms with van der Waals surface area (Å²) in [6, 6.07) is 3.18. The molecule has 3 nitrogen and oxygen atoms in total. The van der Waals surface area contributed by atoms with Crippen LogP contribution in [0.25, 0.3) is 0 Å². The van der Waals surface area contributed by atoms with Crippen LogP contribution in [0.2, 0.25) is 10.0 Å². The van der Waals surface area contributed by atoms with Crippen molar-refractivity contribution in [2.45, 2.75) is 0 Å². The standard InChI is InChI=1S/C16H14Cl6O3/c17-12-9-11(24-8-4-15(21)22)10-13(18)16(12)25-6-2-1-5-23-7-3-14(19)20/h1-4,9-10H,5-8H2. The summed E-state index contributed by atoms with van der Waals surface area (Å²) in [5, 5.41) is 0.657. The van der Waals surface area contributed by atoms with E-state index in [0.29, 0.717) is 34.8 Å². The Morgan fingerprint density at radius 2 is 1.32 bits per heavy atom. The minimum absolute atomic E-state index is 0.120. The smallest absolute Gasteiger partial charge is 0.157 e. The summed E-state index contributed by atoms with van der Waals surface area (Å²) >= 11 is 34.2. The molecule has 1 aromatic rings. The van der Waals surface area contributed by atoms with Gasteiger partial charge in [-0.15, -0.1) is 0 Å². The van der Waals surface area contributed by atoms with Gasteiger partial charge >= 0.3 is 0 Å². The zero-order valence-corrected chi connectivity index (χ0v) is 17.3. The lowest BCUT2D eigenvalue weighted by atomic mass is 10.3. The van der Waals surface area contributed by atoms with Gasteiger partial charge in [0, 0.05) is 12.1 Å². The molecule has 0 aliphatic rings. The maximum atomic E-state index is 6.15. The minimum atomic E-state index is 0.120. The third-order valence-corrected chi connectivity index (χ3v) is 3.70. The molecule has 0 aliphatic heterocycles. The van der Waals surface area contributed by atoms with Crippen LogP contribution in [0.4, 0.5) is 0 Å². The van der Waals surface area contributed by atoms with Crippen molar-refractivity contribution in [1.29, 1.82) is 0 Å². The van der Waals surface area contributed by atoms with E-state index in [1.807, 2.05) is 0 Å². The molecule has 0 saturated carbocycles. The highest BCUT2D eigenvalue weighted by atomic mass is 35.5. The SMILES string of the molecule is ClC(Cl)=CCOCC=CCOc1c(Cl)cc(OCC=C(Cl)Cl)cc1Cl. The van der Waals surface area contributed by atoms with Crippen molar-refractivity contribution in [3.05, 3.63) is 55.5 Å². The van der Waals surface area contributed by atoms with Gasteiger partial charge in [0.25, 0.3) is 0 Å². The first kappa shape index (κ1) is 22.8. The molecule has 0 bridgehead atoms. The van der Waals surface area contributed by atoms with Crippen LogP contribution in [0, 0.1) is 0 Å². The molecule has 0 aliphatic carbocycles. The van der Waals surface area contributed by atoms with Crippen molar-refractivity contribution >= 4 is 69.6 Å². The first-order chi connectivity index (χ1) is 11.9. The third kappa shape index (κ3) is 10.5. The molecular weight excluding hydrogens is 453 g/mol. The Balaban J connectivity index is 2.45. The first-order valence-corrected chi connectivity index (χ1v) is 9.16. The van der Waals surface area contributed by atoms with E-state index in [0.717, 1.165) is 0 Å². The maximum absolute atomic E-state index is 6.15. The van der Waals surface area contributed by atoms with Crippen LogP contribution in [0.3, 0.4) is 0 Å². The highest BCUT2D eigenvalue weighted by molar-refractivity contribution is 6.56. The second-order valence-corrected chi connectivity index (χ2v) is 7.16. The zero-order valence-electron chi connectivity index (χ0n) is 12.8. The molecular formula is C16H14Cl6O3. The monoisotopic (exact) mass is 464 g/mol. The molecule has 0 heterocycles. The molecule has 0 fully saturated rings. The van der Waals surface area contributed by atoms with Crippen LogP contribution in [0.5, 0.6) is 11.5 Å². The van der Waals surface area contributed by atoms with Crippen molar-refractivity contribution in [2.75, 3.05) is 26.4 Å². The molecule has 0 atom stereocenters. The van der Waals surface area contributed by atoms with Crippen molar-refractivity contribution in [3.8, 4) is 11.5 Å². The summed E-state index contributed by atoms with van der Waals surface area (Å²) in [5.74, 6) is 0.840. The van der Waals surface area contributed by atoms with E-state index in [1.54, 1.807) is 30.4 Å². The molecule has 1 rings (SSSR count). The quantitative estimate of drug-likeness (QED) is 0.275. The van der Waals surface area contributed by atoms with Gasteiger partial charge in [0.2, 0.25) is 0 Å². The average Bonchev–Trinajstić information content (AvgIpc) is 2.51. The summed E-state index contributed by atoms with van der Waals surface area (Å²) in [4.78, 5) is 0. The summed E-state index contributed by atoms with van der Waals surface area (Å²) in [6.45, 7) is 1.20. The molecule has 0 radical (unpaired) electrons. The van der Waals surface area contributed by atoms with E-state index < -0.39 is 0 Å². The number of benzene rings is 1. The number of ether oxygens (including phenoxy) is 3. The Morgan fingerprint density at radius 1 is 0.760 bits per heavy atom. The molecule has 0 N–H and O–H groups in total. The number of hydrogen-bond acceptors (Lipinski definition) is 3. The van der Waals surface area contributed by atoms with Gasteiger partial charge in [0.1, 0.15) is 27.9 Å². The molecule has 0 aromatic heterocycles. The Hall–Kier alpha value is -0.260. The van der Waals surface area contributed by atoms with Crippen LogP contribution in [-0.4, -0.2) is 26.4 Å². The highest BCUT2D eigenvalue weighted by Gasteiger charge is 2.10. The van der Waals surface area contributed by atoms with Gasteiger partial charge in [-0.2, -0.15) is 0 Å². The first-order valence-electron chi connectivity index (χ1n) is 6.90. The van der Waals surface area contributed by atoms with Crippen molar-refractivity contribution in [1.82, 2.24) is 0 Å². The summed E-state index contributed by atoms with van der Waals surface area (Å²) in [7, 11) is 0. The van der Waals surface area contributed by atoms with Crippen LogP contribution >= 0.6 is 69.6 Å². The van der Waals surface area contributed by atoms with Crippen molar-refractivity contribution in [2.24, 2.45) is 0 Å².